The zero-order chi connectivity index (χ0) is 12.2. The van der Waals surface area contributed by atoms with E-state index in [-0.39, 0.29) is 5.75 Å². The van der Waals surface area contributed by atoms with Crippen molar-refractivity contribution in [2.45, 2.75) is 20.3 Å². The van der Waals surface area contributed by atoms with Crippen molar-refractivity contribution in [3.8, 4) is 0 Å². The molecule has 1 aromatic heterocycles. The molecule has 1 aromatic rings. The van der Waals surface area contributed by atoms with Gasteiger partial charge in [-0.15, -0.1) is 0 Å². The molecular weight excluding hydrogens is 248 g/mol. The van der Waals surface area contributed by atoms with Crippen LogP contribution in [0.25, 0.3) is 0 Å². The number of rotatable bonds is 5. The van der Waals surface area contributed by atoms with E-state index in [0.29, 0.717) is 23.2 Å². The van der Waals surface area contributed by atoms with Crippen LogP contribution in [0.5, 0.6) is 0 Å². The van der Waals surface area contributed by atoms with Gasteiger partial charge in [0, 0.05) is 6.20 Å². The predicted molar refractivity (Wildman–Crippen MR) is 66.1 cm³/mol. The topological polar surface area (TPSA) is 59.1 Å². The summed E-state index contributed by atoms with van der Waals surface area (Å²) < 4.78 is 25.6. The number of hydrogen-bond donors (Lipinski definition) is 1. The molecule has 1 heterocycles. The number of anilines is 1. The van der Waals surface area contributed by atoms with Crippen molar-refractivity contribution >= 4 is 27.4 Å². The van der Waals surface area contributed by atoms with Gasteiger partial charge >= 0.3 is 0 Å². The molecule has 0 bridgehead atoms. The van der Waals surface area contributed by atoms with Gasteiger partial charge < -0.3 is 0 Å². The fourth-order valence-corrected chi connectivity index (χ4v) is 2.47. The van der Waals surface area contributed by atoms with Gasteiger partial charge in [0.25, 0.3) is 0 Å². The second-order valence-corrected chi connectivity index (χ2v) is 6.24. The lowest BCUT2D eigenvalue weighted by molar-refractivity contribution is 0.578. The van der Waals surface area contributed by atoms with Gasteiger partial charge in [0.15, 0.2) is 0 Å². The first-order valence-corrected chi connectivity index (χ1v) is 7.04. The van der Waals surface area contributed by atoms with Crippen LogP contribution in [0, 0.1) is 5.92 Å². The zero-order valence-electron chi connectivity index (χ0n) is 9.27. The Hall–Kier alpha value is -0.810. The summed E-state index contributed by atoms with van der Waals surface area (Å²) in [6.07, 6.45) is 2.03. The van der Waals surface area contributed by atoms with E-state index < -0.39 is 10.0 Å². The number of nitrogens with zero attached hydrogens (tertiary/aromatic N) is 1. The van der Waals surface area contributed by atoms with E-state index in [0.717, 1.165) is 0 Å². The molecule has 0 saturated carbocycles. The Morgan fingerprint density at radius 3 is 2.62 bits per heavy atom. The summed E-state index contributed by atoms with van der Waals surface area (Å²) in [5, 5.41) is 0.477. The lowest BCUT2D eigenvalue weighted by atomic mass is 10.2. The second-order valence-electron chi connectivity index (χ2n) is 3.97. The third-order valence-electron chi connectivity index (χ3n) is 1.95. The van der Waals surface area contributed by atoms with Crippen LogP contribution in [0.2, 0.25) is 5.02 Å². The summed E-state index contributed by atoms with van der Waals surface area (Å²) in [6.45, 7) is 3.96. The molecule has 1 rings (SSSR count). The molecule has 90 valence electrons. The Bertz CT molecular complexity index is 429. The lowest BCUT2D eigenvalue weighted by Crippen LogP contribution is -2.18. The van der Waals surface area contributed by atoms with Gasteiger partial charge in [0.2, 0.25) is 10.0 Å². The molecule has 4 nitrogen and oxygen atoms in total. The fraction of sp³-hybridized carbons (Fsp3) is 0.500. The smallest absolute Gasteiger partial charge is 0.233 e. The average molecular weight is 263 g/mol. The molecule has 0 aliphatic heterocycles. The number of nitrogens with one attached hydrogen (secondary N) is 1. The standard InChI is InChI=1S/C10H15ClN2O2S/c1-8(2)5-6-16(14,15)13-10-4-3-9(11)7-12-10/h3-4,7-8H,5-6H2,1-2H3,(H,12,13). The first-order chi connectivity index (χ1) is 7.39. The van der Waals surface area contributed by atoms with Crippen LogP contribution < -0.4 is 4.72 Å². The maximum absolute atomic E-state index is 11.6. The third-order valence-corrected chi connectivity index (χ3v) is 3.47. The summed E-state index contributed by atoms with van der Waals surface area (Å²) in [4.78, 5) is 3.87. The number of aromatic nitrogens is 1. The SMILES string of the molecule is CC(C)CCS(=O)(=O)Nc1ccc(Cl)cn1. The average Bonchev–Trinajstić information content (AvgIpc) is 2.19. The van der Waals surface area contributed by atoms with Gasteiger partial charge in [-0.25, -0.2) is 13.4 Å². The first-order valence-electron chi connectivity index (χ1n) is 5.01. The molecule has 6 heteroatoms. The van der Waals surface area contributed by atoms with Gasteiger partial charge in [-0.05, 0) is 24.5 Å². The van der Waals surface area contributed by atoms with E-state index in [1.807, 2.05) is 13.8 Å². The van der Waals surface area contributed by atoms with E-state index in [4.69, 9.17) is 11.6 Å². The van der Waals surface area contributed by atoms with Crippen molar-refractivity contribution in [1.82, 2.24) is 4.98 Å². The highest BCUT2D eigenvalue weighted by Gasteiger charge is 2.11. The minimum absolute atomic E-state index is 0.106. The molecule has 1 N–H and O–H groups in total. The second kappa shape index (κ2) is 5.50. The van der Waals surface area contributed by atoms with Crippen molar-refractivity contribution in [2.24, 2.45) is 5.92 Å². The number of sulfonamides is 1. The fourth-order valence-electron chi connectivity index (χ4n) is 1.04. The Labute approximate surface area is 101 Å². The monoisotopic (exact) mass is 262 g/mol. The Kier molecular flexibility index (Phi) is 4.56. The molecule has 0 radical (unpaired) electrons. The quantitative estimate of drug-likeness (QED) is 0.887. The van der Waals surface area contributed by atoms with Gasteiger partial charge in [0.05, 0.1) is 10.8 Å². The van der Waals surface area contributed by atoms with Gasteiger partial charge in [-0.1, -0.05) is 25.4 Å². The molecule has 0 fully saturated rings. The minimum atomic E-state index is -3.30. The predicted octanol–water partition coefficient (Wildman–Crippen LogP) is 2.52. The molecule has 0 spiro atoms. The van der Waals surface area contributed by atoms with Crippen LogP contribution >= 0.6 is 11.6 Å². The highest BCUT2D eigenvalue weighted by atomic mass is 35.5. The zero-order valence-corrected chi connectivity index (χ0v) is 10.8. The van der Waals surface area contributed by atoms with Crippen LogP contribution in [0.4, 0.5) is 5.82 Å². The van der Waals surface area contributed by atoms with Crippen molar-refractivity contribution in [3.05, 3.63) is 23.4 Å². The van der Waals surface area contributed by atoms with Crippen LogP contribution in [-0.2, 0) is 10.0 Å². The molecule has 0 atom stereocenters. The van der Waals surface area contributed by atoms with Crippen molar-refractivity contribution in [2.75, 3.05) is 10.5 Å². The van der Waals surface area contributed by atoms with Crippen molar-refractivity contribution in [3.63, 3.8) is 0 Å². The largest absolute Gasteiger partial charge is 0.267 e. The summed E-state index contributed by atoms with van der Waals surface area (Å²) >= 11 is 5.65. The summed E-state index contributed by atoms with van der Waals surface area (Å²) in [7, 11) is -3.30. The molecule has 0 saturated heterocycles. The van der Waals surface area contributed by atoms with Gasteiger partial charge in [-0.3, -0.25) is 4.72 Å². The maximum atomic E-state index is 11.6. The van der Waals surface area contributed by atoms with Crippen molar-refractivity contribution < 1.29 is 8.42 Å². The Balaban J connectivity index is 2.62. The molecule has 0 unspecified atom stereocenters. The third kappa shape index (κ3) is 4.81. The molecular formula is C10H15ClN2O2S. The van der Waals surface area contributed by atoms with Gasteiger partial charge in [0.1, 0.15) is 5.82 Å². The normalized spacial score (nSPS) is 11.8. The van der Waals surface area contributed by atoms with Crippen LogP contribution in [0.15, 0.2) is 18.3 Å². The van der Waals surface area contributed by atoms with E-state index in [9.17, 15) is 8.42 Å². The van der Waals surface area contributed by atoms with E-state index in [1.54, 1.807) is 6.07 Å². The Morgan fingerprint density at radius 1 is 1.44 bits per heavy atom. The van der Waals surface area contributed by atoms with Crippen molar-refractivity contribution in [1.29, 1.82) is 0 Å². The maximum Gasteiger partial charge on any atom is 0.233 e. The molecule has 0 amide bonds. The highest BCUT2D eigenvalue weighted by Crippen LogP contribution is 2.12. The molecule has 0 aliphatic carbocycles. The number of pyridine rings is 1. The summed E-state index contributed by atoms with van der Waals surface area (Å²) in [6, 6.07) is 3.13. The van der Waals surface area contributed by atoms with Gasteiger partial charge in [-0.2, -0.15) is 0 Å². The number of halogens is 1. The van der Waals surface area contributed by atoms with Crippen LogP contribution in [-0.4, -0.2) is 19.2 Å². The van der Waals surface area contributed by atoms with E-state index in [2.05, 4.69) is 9.71 Å². The highest BCUT2D eigenvalue weighted by molar-refractivity contribution is 7.92. The molecule has 16 heavy (non-hydrogen) atoms. The first kappa shape index (κ1) is 13.3. The molecule has 0 aromatic carbocycles. The van der Waals surface area contributed by atoms with E-state index in [1.165, 1.54) is 12.3 Å². The minimum Gasteiger partial charge on any atom is -0.267 e. The summed E-state index contributed by atoms with van der Waals surface area (Å²) in [5.74, 6) is 0.762. The number of hydrogen-bond acceptors (Lipinski definition) is 3. The lowest BCUT2D eigenvalue weighted by Gasteiger charge is -2.08. The van der Waals surface area contributed by atoms with E-state index >= 15 is 0 Å². The van der Waals surface area contributed by atoms with Crippen LogP contribution in [0.3, 0.4) is 0 Å². The molecule has 0 aliphatic rings. The van der Waals surface area contributed by atoms with Crippen LogP contribution in [0.1, 0.15) is 20.3 Å². The Morgan fingerprint density at radius 2 is 2.12 bits per heavy atom. The summed E-state index contributed by atoms with van der Waals surface area (Å²) in [5.41, 5.74) is 0.